The topological polar surface area (TPSA) is 84.5 Å². The fourth-order valence-electron chi connectivity index (χ4n) is 2.64. The predicted molar refractivity (Wildman–Crippen MR) is 95.9 cm³/mol. The first kappa shape index (κ1) is 20.7. The number of nitrogens with one attached hydrogen (secondary N) is 2. The minimum Gasteiger partial charge on any atom is -0.426 e. The van der Waals surface area contributed by atoms with E-state index in [4.69, 9.17) is 23.2 Å². The molecule has 1 atom stereocenters. The van der Waals surface area contributed by atoms with Crippen LogP contribution in [0.2, 0.25) is 10.0 Å². The summed E-state index contributed by atoms with van der Waals surface area (Å²) < 4.78 is 73.3. The van der Waals surface area contributed by atoms with Crippen molar-refractivity contribution in [3.8, 4) is 0 Å². The number of hydrogen-bond donors (Lipinski definition) is 2. The number of hydrogen-bond acceptors (Lipinski definition) is 4. The third kappa shape index (κ3) is 3.77. The third-order valence-corrected chi connectivity index (χ3v) is 5.92. The summed E-state index contributed by atoms with van der Waals surface area (Å²) in [6, 6.07) is 8.22. The molecule has 12 heteroatoms. The van der Waals surface area contributed by atoms with E-state index in [9.17, 15) is 26.4 Å². The predicted octanol–water partition coefficient (Wildman–Crippen LogP) is 4.29. The second kappa shape index (κ2) is 7.11. The molecule has 0 fully saturated rings. The van der Waals surface area contributed by atoms with Gasteiger partial charge in [0.15, 0.2) is 0 Å². The number of benzene rings is 2. The third-order valence-electron chi connectivity index (χ3n) is 4.01. The quantitative estimate of drug-likeness (QED) is 0.721. The minimum absolute atomic E-state index is 0.0484. The van der Waals surface area contributed by atoms with Gasteiger partial charge in [-0.05, 0) is 42.5 Å². The van der Waals surface area contributed by atoms with Gasteiger partial charge in [-0.1, -0.05) is 23.2 Å². The molecule has 1 heterocycles. The number of halogens is 5. The zero-order chi connectivity index (χ0) is 20.7. The van der Waals surface area contributed by atoms with Crippen molar-refractivity contribution in [2.24, 2.45) is 0 Å². The van der Waals surface area contributed by atoms with E-state index >= 15 is 0 Å². The van der Waals surface area contributed by atoms with Gasteiger partial charge in [-0.2, -0.15) is 13.2 Å². The van der Waals surface area contributed by atoms with Gasteiger partial charge in [0.1, 0.15) is 0 Å². The lowest BCUT2D eigenvalue weighted by Gasteiger charge is -2.39. The highest BCUT2D eigenvalue weighted by Gasteiger charge is 2.62. The Hall–Kier alpha value is -2.01. The summed E-state index contributed by atoms with van der Waals surface area (Å²) in [7, 11) is -4.36. The van der Waals surface area contributed by atoms with Gasteiger partial charge in [0.05, 0.1) is 17.1 Å². The van der Waals surface area contributed by atoms with Crippen LogP contribution in [0.25, 0.3) is 0 Å². The Morgan fingerprint density at radius 2 is 1.68 bits per heavy atom. The van der Waals surface area contributed by atoms with Gasteiger partial charge in [-0.25, -0.2) is 17.9 Å². The van der Waals surface area contributed by atoms with Gasteiger partial charge in [-0.15, -0.1) is 0 Å². The van der Waals surface area contributed by atoms with E-state index in [-0.39, 0.29) is 20.6 Å². The van der Waals surface area contributed by atoms with Crippen molar-refractivity contribution in [2.45, 2.75) is 16.7 Å². The molecule has 1 amide bonds. The molecule has 28 heavy (non-hydrogen) atoms. The van der Waals surface area contributed by atoms with Gasteiger partial charge >= 0.3 is 12.3 Å². The highest BCUT2D eigenvalue weighted by molar-refractivity contribution is 7.89. The Kier molecular flexibility index (Phi) is 5.26. The van der Waals surface area contributed by atoms with E-state index in [1.54, 1.807) is 0 Å². The van der Waals surface area contributed by atoms with Crippen molar-refractivity contribution >= 4 is 45.0 Å². The molecule has 6 nitrogen and oxygen atoms in total. The first-order valence-electron chi connectivity index (χ1n) is 7.57. The first-order chi connectivity index (χ1) is 12.9. The second-order valence-electron chi connectivity index (χ2n) is 5.81. The largest absolute Gasteiger partial charge is 0.434 e. The summed E-state index contributed by atoms with van der Waals surface area (Å²) in [6.45, 7) is -1.29. The van der Waals surface area contributed by atoms with E-state index in [0.29, 0.717) is 0 Å². The standard InChI is InChI=1S/C16H11Cl2F3N2O4S/c17-9-1-4-11(5-2-9)28(25,26)22-8-15(16(19,20)21)12-7-10(18)3-6-13(12)23-14(24)27-15/h1-7,22H,8H2,(H,23,24). The number of carbonyl (C=O) groups excluding carboxylic acids is 1. The Bertz CT molecular complexity index is 1030. The number of amides is 1. The van der Waals surface area contributed by atoms with E-state index in [2.05, 4.69) is 10.1 Å². The number of rotatable bonds is 4. The number of sulfonamides is 1. The average molecular weight is 455 g/mol. The van der Waals surface area contributed by atoms with Crippen LogP contribution in [0.5, 0.6) is 0 Å². The Labute approximate surface area is 167 Å². The number of carbonyl (C=O) groups is 1. The zero-order valence-corrected chi connectivity index (χ0v) is 16.0. The number of alkyl halides is 3. The van der Waals surface area contributed by atoms with Crippen LogP contribution in [0, 0.1) is 0 Å². The SMILES string of the molecule is O=C1Nc2ccc(Cl)cc2C(CNS(=O)(=O)c2ccc(Cl)cc2)(C(F)(F)F)O1. The summed E-state index contributed by atoms with van der Waals surface area (Å²) >= 11 is 11.5. The zero-order valence-electron chi connectivity index (χ0n) is 13.7. The lowest BCUT2D eigenvalue weighted by atomic mass is 9.90. The van der Waals surface area contributed by atoms with Crippen molar-refractivity contribution in [1.82, 2.24) is 4.72 Å². The van der Waals surface area contributed by atoms with Crippen molar-refractivity contribution in [2.75, 3.05) is 11.9 Å². The van der Waals surface area contributed by atoms with Gasteiger partial charge in [0.2, 0.25) is 15.6 Å². The molecule has 1 aliphatic rings. The first-order valence-corrected chi connectivity index (χ1v) is 9.80. The molecular weight excluding hydrogens is 444 g/mol. The van der Waals surface area contributed by atoms with Gasteiger partial charge in [-0.3, -0.25) is 5.32 Å². The molecule has 0 aliphatic carbocycles. The monoisotopic (exact) mass is 454 g/mol. The Balaban J connectivity index is 2.04. The fourth-order valence-corrected chi connectivity index (χ4v) is 4.00. The van der Waals surface area contributed by atoms with Crippen LogP contribution in [0.1, 0.15) is 5.56 Å². The van der Waals surface area contributed by atoms with Crippen molar-refractivity contribution in [1.29, 1.82) is 0 Å². The Morgan fingerprint density at radius 3 is 2.29 bits per heavy atom. The number of anilines is 1. The van der Waals surface area contributed by atoms with Crippen LogP contribution in [0.3, 0.4) is 0 Å². The maximum atomic E-state index is 14.0. The molecular formula is C16H11Cl2F3N2O4S. The summed E-state index contributed by atoms with van der Waals surface area (Å²) in [4.78, 5) is 11.4. The molecule has 0 bridgehead atoms. The average Bonchev–Trinajstić information content (AvgIpc) is 2.59. The fraction of sp³-hybridized carbons (Fsp3) is 0.188. The summed E-state index contributed by atoms with van der Waals surface area (Å²) in [5.41, 5.74) is -3.98. The maximum Gasteiger partial charge on any atom is 0.434 e. The van der Waals surface area contributed by atoms with Gasteiger partial charge in [0.25, 0.3) is 0 Å². The normalized spacial score (nSPS) is 19.5. The maximum absolute atomic E-state index is 14.0. The van der Waals surface area contributed by atoms with E-state index < -0.39 is 40.0 Å². The lowest BCUT2D eigenvalue weighted by molar-refractivity contribution is -0.261. The molecule has 0 radical (unpaired) electrons. The highest BCUT2D eigenvalue weighted by Crippen LogP contribution is 2.48. The van der Waals surface area contributed by atoms with E-state index in [1.807, 2.05) is 4.72 Å². The van der Waals surface area contributed by atoms with Crippen molar-refractivity contribution in [3.63, 3.8) is 0 Å². The molecule has 0 saturated carbocycles. The molecule has 2 aromatic carbocycles. The van der Waals surface area contributed by atoms with Crippen molar-refractivity contribution in [3.05, 3.63) is 58.1 Å². The molecule has 0 saturated heterocycles. The Morgan fingerprint density at radius 1 is 1.07 bits per heavy atom. The summed E-state index contributed by atoms with van der Waals surface area (Å²) in [5.74, 6) is 0. The molecule has 150 valence electrons. The van der Waals surface area contributed by atoms with Gasteiger partial charge < -0.3 is 4.74 Å². The van der Waals surface area contributed by atoms with E-state index in [1.165, 1.54) is 24.3 Å². The minimum atomic E-state index is -5.15. The highest BCUT2D eigenvalue weighted by atomic mass is 35.5. The number of ether oxygens (including phenoxy) is 1. The van der Waals surface area contributed by atoms with Crippen LogP contribution in [-0.2, 0) is 20.4 Å². The van der Waals surface area contributed by atoms with Crippen LogP contribution in [-0.4, -0.2) is 27.2 Å². The van der Waals surface area contributed by atoms with Crippen LogP contribution >= 0.6 is 23.2 Å². The second-order valence-corrected chi connectivity index (χ2v) is 8.45. The number of cyclic esters (lactones) is 1. The molecule has 0 spiro atoms. The summed E-state index contributed by atoms with van der Waals surface area (Å²) in [6.07, 6.45) is -6.52. The molecule has 1 unspecified atom stereocenters. The lowest BCUT2D eigenvalue weighted by Crippen LogP contribution is -2.56. The molecule has 2 N–H and O–H groups in total. The van der Waals surface area contributed by atoms with Crippen LogP contribution < -0.4 is 10.0 Å². The molecule has 1 aliphatic heterocycles. The summed E-state index contributed by atoms with van der Waals surface area (Å²) in [5, 5.41) is 2.34. The molecule has 0 aromatic heterocycles. The van der Waals surface area contributed by atoms with Crippen LogP contribution in [0.4, 0.5) is 23.7 Å². The van der Waals surface area contributed by atoms with E-state index in [0.717, 1.165) is 18.2 Å². The van der Waals surface area contributed by atoms with Crippen molar-refractivity contribution < 1.29 is 31.1 Å². The van der Waals surface area contributed by atoms with Crippen LogP contribution in [0.15, 0.2) is 47.4 Å². The molecule has 3 rings (SSSR count). The smallest absolute Gasteiger partial charge is 0.426 e. The number of fused-ring (bicyclic) bond motifs is 1. The molecule has 2 aromatic rings. The van der Waals surface area contributed by atoms with Gasteiger partial charge in [0, 0.05) is 15.6 Å².